The molecular weight excluding hydrogens is 446 g/mol. The summed E-state index contributed by atoms with van der Waals surface area (Å²) in [5.41, 5.74) is -1.10. The second-order valence-corrected chi connectivity index (χ2v) is 8.47. The zero-order valence-corrected chi connectivity index (χ0v) is 18.2. The molecule has 6 rings (SSSR count). The van der Waals surface area contributed by atoms with Crippen molar-refractivity contribution in [3.8, 4) is 22.6 Å². The van der Waals surface area contributed by atoms with Crippen LogP contribution in [0.4, 0.5) is 0 Å². The van der Waals surface area contributed by atoms with Crippen LogP contribution >= 0.6 is 0 Å². The van der Waals surface area contributed by atoms with Crippen molar-refractivity contribution in [1.82, 2.24) is 4.74 Å². The molecule has 10 nitrogen and oxygen atoms in total. The van der Waals surface area contributed by atoms with Gasteiger partial charge in [0.05, 0.1) is 37.2 Å². The van der Waals surface area contributed by atoms with E-state index in [-0.39, 0.29) is 47.8 Å². The van der Waals surface area contributed by atoms with E-state index in [1.54, 1.807) is 18.2 Å². The predicted molar refractivity (Wildman–Crippen MR) is 116 cm³/mol. The third-order valence-electron chi connectivity index (χ3n) is 6.84. The maximum atomic E-state index is 13.8. The summed E-state index contributed by atoms with van der Waals surface area (Å²) in [6.45, 7) is 0.0866. The van der Waals surface area contributed by atoms with Gasteiger partial charge in [-0.2, -0.15) is 0 Å². The maximum absolute atomic E-state index is 13.8. The van der Waals surface area contributed by atoms with Crippen molar-refractivity contribution in [2.45, 2.75) is 31.1 Å². The fraction of sp³-hybridized carbons (Fsp3) is 0.292. The monoisotopic (exact) mass is 465 g/mol. The number of benzene rings is 2. The minimum atomic E-state index is -2.18. The Kier molecular flexibility index (Phi) is 4.07. The summed E-state index contributed by atoms with van der Waals surface area (Å²) in [6, 6.07) is 6.43. The molecule has 174 valence electrons. The summed E-state index contributed by atoms with van der Waals surface area (Å²) < 4.78 is 23.4. The highest BCUT2D eigenvalue weighted by Gasteiger charge is 2.62. The number of rotatable bonds is 2. The molecule has 10 heteroatoms. The summed E-state index contributed by atoms with van der Waals surface area (Å²) in [5, 5.41) is 22.2. The van der Waals surface area contributed by atoms with Gasteiger partial charge in [0.2, 0.25) is 5.78 Å². The minimum Gasteiger partial charge on any atom is -0.507 e. The van der Waals surface area contributed by atoms with Crippen LogP contribution in [0.25, 0.3) is 22.0 Å². The molecule has 2 aliphatic heterocycles. The molecule has 0 unspecified atom stereocenters. The normalized spacial score (nSPS) is 22.6. The average Bonchev–Trinajstić information content (AvgIpc) is 3.15. The van der Waals surface area contributed by atoms with E-state index in [2.05, 4.69) is 0 Å². The molecule has 3 aromatic rings. The highest BCUT2D eigenvalue weighted by atomic mass is 16.6. The van der Waals surface area contributed by atoms with Gasteiger partial charge in [-0.3, -0.25) is 4.79 Å². The number of aliphatic hydroxyl groups is 1. The fourth-order valence-electron chi connectivity index (χ4n) is 5.38. The first-order chi connectivity index (χ1) is 16.3. The van der Waals surface area contributed by atoms with Gasteiger partial charge in [0, 0.05) is 17.5 Å². The number of nitrogens with zero attached hydrogens (tertiary/aromatic N) is 1. The van der Waals surface area contributed by atoms with Crippen molar-refractivity contribution < 1.29 is 38.5 Å². The molecular formula is C24H19NO9. The van der Waals surface area contributed by atoms with Crippen LogP contribution in [0.2, 0.25) is 0 Å². The molecule has 0 radical (unpaired) electrons. The summed E-state index contributed by atoms with van der Waals surface area (Å²) in [7, 11) is 2.49. The lowest BCUT2D eigenvalue weighted by molar-refractivity contribution is -0.167. The molecule has 2 N–H and O–H groups in total. The number of esters is 1. The van der Waals surface area contributed by atoms with Crippen molar-refractivity contribution in [2.75, 3.05) is 14.2 Å². The Labute approximate surface area is 191 Å². The Bertz CT molecular complexity index is 1530. The van der Waals surface area contributed by atoms with Gasteiger partial charge in [0.1, 0.15) is 28.9 Å². The maximum Gasteiger partial charge on any atom is 0.365 e. The van der Waals surface area contributed by atoms with Crippen LogP contribution in [0.15, 0.2) is 44.9 Å². The lowest BCUT2D eigenvalue weighted by Crippen LogP contribution is -2.61. The molecule has 3 aliphatic rings. The van der Waals surface area contributed by atoms with Gasteiger partial charge in [-0.1, -0.05) is 12.1 Å². The number of aromatic hydroxyl groups is 1. The highest BCUT2D eigenvalue weighted by Crippen LogP contribution is 2.54. The van der Waals surface area contributed by atoms with Gasteiger partial charge < -0.3 is 28.9 Å². The zero-order chi connectivity index (χ0) is 23.9. The number of methoxy groups -OCH3 is 2. The third kappa shape index (κ3) is 2.30. The van der Waals surface area contributed by atoms with E-state index in [1.165, 1.54) is 17.9 Å². The van der Waals surface area contributed by atoms with Crippen LogP contribution in [-0.2, 0) is 20.8 Å². The Morgan fingerprint density at radius 3 is 2.76 bits per heavy atom. The van der Waals surface area contributed by atoms with Crippen LogP contribution in [0.5, 0.6) is 11.5 Å². The molecule has 0 bridgehead atoms. The van der Waals surface area contributed by atoms with Crippen LogP contribution < -0.4 is 10.4 Å². The average molecular weight is 465 g/mol. The van der Waals surface area contributed by atoms with E-state index in [4.69, 9.17) is 18.7 Å². The molecule has 0 amide bonds. The first-order valence-corrected chi connectivity index (χ1v) is 10.6. The quantitative estimate of drug-likeness (QED) is 0.425. The standard InChI is InChI=1S/C24H19NO9/c1-31-14-6-7-15(27)24(23(30)32-2)18(14)20(28)17-13(26)8-10-9-25-19-11(16(10)21(17)33-24)4-3-5-12(19)22(29)34-25/h3-5,8,15,26-27H,6-7,9H2,1-2H3/t15-,24+/m0/s1. The largest absolute Gasteiger partial charge is 0.507 e. The highest BCUT2D eigenvalue weighted by molar-refractivity contribution is 6.20. The van der Waals surface area contributed by atoms with Crippen molar-refractivity contribution in [2.24, 2.45) is 0 Å². The van der Waals surface area contributed by atoms with E-state index in [1.807, 2.05) is 0 Å². The zero-order valence-electron chi connectivity index (χ0n) is 18.2. The smallest absolute Gasteiger partial charge is 0.365 e. The molecule has 0 spiro atoms. The number of allylic oxidation sites excluding steroid dienone is 1. The van der Waals surface area contributed by atoms with Crippen molar-refractivity contribution in [3.05, 3.63) is 57.1 Å². The Morgan fingerprint density at radius 2 is 2.03 bits per heavy atom. The minimum absolute atomic E-state index is 0.0713. The van der Waals surface area contributed by atoms with Crippen LogP contribution in [0.3, 0.4) is 0 Å². The molecule has 2 aromatic carbocycles. The first kappa shape index (κ1) is 20.5. The van der Waals surface area contributed by atoms with Crippen molar-refractivity contribution in [3.63, 3.8) is 0 Å². The van der Waals surface area contributed by atoms with E-state index in [9.17, 15) is 24.6 Å². The number of fused-ring (bicyclic) bond motifs is 5. The molecule has 0 fully saturated rings. The van der Waals surface area contributed by atoms with Gasteiger partial charge in [0.15, 0.2) is 0 Å². The first-order valence-electron chi connectivity index (χ1n) is 10.6. The second-order valence-electron chi connectivity index (χ2n) is 8.47. The summed E-state index contributed by atoms with van der Waals surface area (Å²) in [6.07, 6.45) is -1.12. The Morgan fingerprint density at radius 1 is 1.24 bits per heavy atom. The van der Waals surface area contributed by atoms with Crippen LogP contribution in [0, 0.1) is 0 Å². The van der Waals surface area contributed by atoms with Gasteiger partial charge in [0.25, 0.3) is 5.60 Å². The number of carbonyl (C=O) groups is 2. The van der Waals surface area contributed by atoms with E-state index in [0.717, 1.165) is 7.11 Å². The number of para-hydroxylation sites is 1. The fourth-order valence-corrected chi connectivity index (χ4v) is 5.38. The molecule has 2 atom stereocenters. The summed E-state index contributed by atoms with van der Waals surface area (Å²) in [5.74, 6) is -1.93. The number of ether oxygens (including phenoxy) is 3. The van der Waals surface area contributed by atoms with Gasteiger partial charge >= 0.3 is 11.6 Å². The van der Waals surface area contributed by atoms with E-state index in [0.29, 0.717) is 27.6 Å². The van der Waals surface area contributed by atoms with Crippen molar-refractivity contribution in [1.29, 1.82) is 0 Å². The molecule has 1 aliphatic carbocycles. The number of phenols is 1. The van der Waals surface area contributed by atoms with Crippen LogP contribution in [0.1, 0.15) is 28.8 Å². The van der Waals surface area contributed by atoms with Crippen LogP contribution in [-0.4, -0.2) is 52.6 Å². The Balaban J connectivity index is 1.73. The number of aliphatic hydroxyl groups excluding tert-OH is 1. The molecule has 0 saturated carbocycles. The second kappa shape index (κ2) is 6.73. The SMILES string of the molecule is COC(=O)[C@]12Oc3c(c(O)cc4c3-c3cccc5c(=O)on(c35)C4)C(=O)C1=C(OC)CC[C@@H]2O. The molecule has 34 heavy (non-hydrogen) atoms. The molecule has 3 heterocycles. The molecule has 1 aromatic heterocycles. The van der Waals surface area contributed by atoms with Gasteiger partial charge in [-0.15, -0.1) is 0 Å². The summed E-state index contributed by atoms with van der Waals surface area (Å²) in [4.78, 5) is 39.3. The lowest BCUT2D eigenvalue weighted by Gasteiger charge is -2.44. The topological polar surface area (TPSA) is 137 Å². The number of Topliss-reactive ketones (excluding diaryl/α,β-unsaturated/α-hetero) is 1. The van der Waals surface area contributed by atoms with E-state index < -0.39 is 29.1 Å². The number of phenolic OH excluding ortho intramolecular Hbond substituents is 1. The number of carbonyl (C=O) groups excluding carboxylic acids is 2. The van der Waals surface area contributed by atoms with E-state index >= 15 is 0 Å². The lowest BCUT2D eigenvalue weighted by atomic mass is 9.73. The number of aromatic nitrogens is 1. The number of ketones is 1. The molecule has 0 saturated heterocycles. The number of hydrogen-bond donors (Lipinski definition) is 2. The Hall–Kier alpha value is -4.05. The van der Waals surface area contributed by atoms with Gasteiger partial charge in [-0.05, 0) is 24.1 Å². The third-order valence-corrected chi connectivity index (χ3v) is 6.84. The van der Waals surface area contributed by atoms with Gasteiger partial charge in [-0.25, -0.2) is 14.3 Å². The van der Waals surface area contributed by atoms with Crippen molar-refractivity contribution >= 4 is 22.7 Å². The summed E-state index contributed by atoms with van der Waals surface area (Å²) >= 11 is 0. The predicted octanol–water partition coefficient (Wildman–Crippen LogP) is 1.87. The number of hydrogen-bond acceptors (Lipinski definition) is 9.